The first-order chi connectivity index (χ1) is 9.74. The highest BCUT2D eigenvalue weighted by Gasteiger charge is 2.45. The number of rotatable bonds is 4. The predicted octanol–water partition coefficient (Wildman–Crippen LogP) is 6.57. The van der Waals surface area contributed by atoms with Crippen LogP contribution < -0.4 is 0 Å². The molecule has 1 heterocycles. The van der Waals surface area contributed by atoms with Crippen LogP contribution in [-0.4, -0.2) is 12.5 Å². The van der Waals surface area contributed by atoms with Crippen molar-refractivity contribution in [2.75, 3.05) is 0 Å². The molecule has 0 saturated carbocycles. The van der Waals surface area contributed by atoms with Gasteiger partial charge >= 0.3 is 0 Å². The fourth-order valence-corrected chi connectivity index (χ4v) is 11.4. The summed E-state index contributed by atoms with van der Waals surface area (Å²) in [6, 6.07) is 5.56. The van der Waals surface area contributed by atoms with E-state index in [1.165, 1.54) is 0 Å². The molecule has 0 amide bonds. The number of fused-ring (bicyclic) bond motifs is 1. The van der Waals surface area contributed by atoms with Gasteiger partial charge in [0.2, 0.25) is 0 Å². The summed E-state index contributed by atoms with van der Waals surface area (Å²) in [5, 5.41) is 0.980. The number of aromatic nitrogens is 1. The van der Waals surface area contributed by atoms with E-state index in [0.29, 0.717) is 21.1 Å². The second-order valence-electron chi connectivity index (χ2n) is 6.83. The van der Waals surface area contributed by atoms with Crippen LogP contribution in [0.15, 0.2) is 28.9 Å². The van der Waals surface area contributed by atoms with E-state index in [0.717, 1.165) is 10.9 Å². The third-order valence-corrected chi connectivity index (χ3v) is 12.5. The maximum absolute atomic E-state index is 13.8. The van der Waals surface area contributed by atoms with Crippen molar-refractivity contribution in [1.29, 1.82) is 0 Å². The van der Waals surface area contributed by atoms with Crippen molar-refractivity contribution in [2.45, 2.75) is 58.2 Å². The molecule has 0 bridgehead atoms. The molecule has 2 aromatic rings. The molecule has 0 atom stereocenters. The SMILES string of the molecule is CC(C)[Si](C(C)C)(C(C)C)n1ccc2c(Br)c(F)ccc21. The third-order valence-electron chi connectivity index (χ3n) is 4.95. The first-order valence-corrected chi connectivity index (χ1v) is 10.7. The number of nitrogens with zero attached hydrogens (tertiary/aromatic N) is 1. The molecule has 0 radical (unpaired) electrons. The minimum absolute atomic E-state index is 0.189. The Morgan fingerprint density at radius 2 is 1.48 bits per heavy atom. The zero-order valence-electron chi connectivity index (χ0n) is 13.7. The number of hydrogen-bond acceptors (Lipinski definition) is 0. The van der Waals surface area contributed by atoms with Crippen molar-refractivity contribution in [3.63, 3.8) is 0 Å². The maximum atomic E-state index is 13.8. The van der Waals surface area contributed by atoms with Crippen molar-refractivity contribution in [1.82, 2.24) is 4.23 Å². The van der Waals surface area contributed by atoms with E-state index in [2.05, 4.69) is 74.0 Å². The van der Waals surface area contributed by atoms with Crippen LogP contribution in [0.3, 0.4) is 0 Å². The first-order valence-electron chi connectivity index (χ1n) is 7.70. The molecule has 1 aromatic carbocycles. The van der Waals surface area contributed by atoms with Gasteiger partial charge in [-0.2, -0.15) is 0 Å². The molecule has 0 aliphatic carbocycles. The lowest BCUT2D eigenvalue weighted by Gasteiger charge is -2.44. The Kier molecular flexibility index (Phi) is 4.69. The van der Waals surface area contributed by atoms with Crippen LogP contribution in [0.1, 0.15) is 41.5 Å². The molecular formula is C17H25BrFNSi. The topological polar surface area (TPSA) is 4.93 Å². The van der Waals surface area contributed by atoms with E-state index in [-0.39, 0.29) is 5.82 Å². The second kappa shape index (κ2) is 5.88. The molecular weight excluding hydrogens is 345 g/mol. The van der Waals surface area contributed by atoms with Crippen LogP contribution in [0.2, 0.25) is 16.6 Å². The molecule has 0 aliphatic heterocycles. The lowest BCUT2D eigenvalue weighted by Crippen LogP contribution is -2.51. The van der Waals surface area contributed by atoms with Gasteiger partial charge in [-0.15, -0.1) is 0 Å². The highest BCUT2D eigenvalue weighted by atomic mass is 79.9. The molecule has 0 aliphatic rings. The Labute approximate surface area is 136 Å². The fraction of sp³-hybridized carbons (Fsp3) is 0.529. The largest absolute Gasteiger partial charge is 0.373 e. The lowest BCUT2D eigenvalue weighted by atomic mass is 10.2. The molecule has 4 heteroatoms. The van der Waals surface area contributed by atoms with E-state index >= 15 is 0 Å². The molecule has 0 saturated heterocycles. The molecule has 1 aromatic heterocycles. The summed E-state index contributed by atoms with van der Waals surface area (Å²) in [6.07, 6.45) is 2.18. The zero-order chi connectivity index (χ0) is 15.9. The van der Waals surface area contributed by atoms with Crippen LogP contribution in [0.25, 0.3) is 10.9 Å². The van der Waals surface area contributed by atoms with E-state index in [1.54, 1.807) is 6.07 Å². The summed E-state index contributed by atoms with van der Waals surface area (Å²) in [4.78, 5) is 0. The summed E-state index contributed by atoms with van der Waals surface area (Å²) < 4.78 is 16.9. The van der Waals surface area contributed by atoms with Gasteiger partial charge in [-0.25, -0.2) is 4.39 Å². The molecule has 0 fully saturated rings. The summed E-state index contributed by atoms with van der Waals surface area (Å²) in [7, 11) is -1.78. The predicted molar refractivity (Wildman–Crippen MR) is 96.0 cm³/mol. The van der Waals surface area contributed by atoms with Gasteiger partial charge in [0.25, 0.3) is 0 Å². The van der Waals surface area contributed by atoms with Crippen molar-refractivity contribution >= 4 is 35.1 Å². The van der Waals surface area contributed by atoms with Gasteiger partial charge in [-0.1, -0.05) is 41.5 Å². The number of halogens is 2. The average Bonchev–Trinajstić information content (AvgIpc) is 2.78. The Hall–Kier alpha value is -0.613. The highest BCUT2D eigenvalue weighted by molar-refractivity contribution is 9.10. The van der Waals surface area contributed by atoms with Crippen LogP contribution in [0, 0.1) is 5.82 Å². The van der Waals surface area contributed by atoms with Crippen molar-refractivity contribution < 1.29 is 4.39 Å². The fourth-order valence-electron chi connectivity index (χ4n) is 4.33. The zero-order valence-corrected chi connectivity index (χ0v) is 16.3. The lowest BCUT2D eigenvalue weighted by molar-refractivity contribution is 0.623. The van der Waals surface area contributed by atoms with Crippen molar-refractivity contribution in [3.8, 4) is 0 Å². The van der Waals surface area contributed by atoms with Crippen LogP contribution >= 0.6 is 15.9 Å². The Balaban J connectivity index is 2.81. The van der Waals surface area contributed by atoms with E-state index in [4.69, 9.17) is 0 Å². The summed E-state index contributed by atoms with van der Waals surface area (Å²) in [6.45, 7) is 14.1. The molecule has 116 valence electrons. The van der Waals surface area contributed by atoms with Crippen LogP contribution in [0.5, 0.6) is 0 Å². The molecule has 1 nitrogen and oxygen atoms in total. The van der Waals surface area contributed by atoms with Gasteiger partial charge in [0.1, 0.15) is 5.82 Å². The smallest absolute Gasteiger partial charge is 0.169 e. The molecule has 0 N–H and O–H groups in total. The Morgan fingerprint density at radius 1 is 0.952 bits per heavy atom. The molecule has 0 unspecified atom stereocenters. The van der Waals surface area contributed by atoms with E-state index in [1.807, 2.05) is 6.07 Å². The van der Waals surface area contributed by atoms with Gasteiger partial charge in [0.15, 0.2) is 8.24 Å². The summed E-state index contributed by atoms with van der Waals surface area (Å²) >= 11 is 3.40. The minimum Gasteiger partial charge on any atom is -0.373 e. The van der Waals surface area contributed by atoms with Gasteiger partial charge in [0, 0.05) is 10.9 Å². The average molecular weight is 370 g/mol. The Morgan fingerprint density at radius 3 is 1.95 bits per heavy atom. The quantitative estimate of drug-likeness (QED) is 0.537. The van der Waals surface area contributed by atoms with Gasteiger partial charge in [-0.05, 0) is 56.9 Å². The van der Waals surface area contributed by atoms with Crippen LogP contribution in [0.4, 0.5) is 4.39 Å². The van der Waals surface area contributed by atoms with Crippen molar-refractivity contribution in [2.24, 2.45) is 0 Å². The van der Waals surface area contributed by atoms with Crippen molar-refractivity contribution in [3.05, 3.63) is 34.7 Å². The van der Waals surface area contributed by atoms with E-state index < -0.39 is 8.24 Å². The molecule has 21 heavy (non-hydrogen) atoms. The monoisotopic (exact) mass is 369 g/mol. The maximum Gasteiger partial charge on any atom is 0.169 e. The molecule has 2 rings (SSSR count). The van der Waals surface area contributed by atoms with Gasteiger partial charge in [-0.3, -0.25) is 0 Å². The van der Waals surface area contributed by atoms with Crippen LogP contribution in [-0.2, 0) is 0 Å². The molecule has 0 spiro atoms. The first kappa shape index (κ1) is 16.8. The van der Waals surface area contributed by atoms with Gasteiger partial charge < -0.3 is 4.23 Å². The normalized spacial score (nSPS) is 13.1. The van der Waals surface area contributed by atoms with E-state index in [9.17, 15) is 4.39 Å². The third kappa shape index (κ3) is 2.40. The Bertz CT molecular complexity index is 624. The highest BCUT2D eigenvalue weighted by Crippen LogP contribution is 2.44. The number of benzene rings is 1. The minimum atomic E-state index is -1.78. The standard InChI is InChI=1S/C17H25BrFNSi/c1-11(2)21(12(3)4,13(5)6)20-10-9-14-16(20)8-7-15(19)17(14)18/h7-13H,1-6H3. The summed E-state index contributed by atoms with van der Waals surface area (Å²) in [5.41, 5.74) is 3.02. The summed E-state index contributed by atoms with van der Waals surface area (Å²) in [5.74, 6) is -0.189. The second-order valence-corrected chi connectivity index (χ2v) is 13.3. The number of hydrogen-bond donors (Lipinski definition) is 0. The van der Waals surface area contributed by atoms with Gasteiger partial charge in [0.05, 0.1) is 4.47 Å².